The topological polar surface area (TPSA) is 376 Å². The van der Waals surface area contributed by atoms with Gasteiger partial charge in [0.25, 0.3) is 0 Å². The van der Waals surface area contributed by atoms with E-state index in [2.05, 4.69) is 21.3 Å². The average molecular weight is 1280 g/mol. The number of Topliss-reactive ketones (excluding diaryl/α,β-unsaturated/α-hetero) is 2. The fraction of sp³-hybridized carbons (Fsp3) is 0.627. The first kappa shape index (κ1) is 78.0. The second-order valence-electron chi connectivity index (χ2n) is 24.4. The molecule has 3 aliphatic rings. The molecule has 4 rings (SSSR count). The summed E-state index contributed by atoms with van der Waals surface area (Å²) in [5.41, 5.74) is 1.30. The number of anilines is 1. The summed E-state index contributed by atoms with van der Waals surface area (Å²) in [5.74, 6) is -6.54. The average Bonchev–Trinajstić information content (AvgIpc) is 1.50. The molecule has 3 heterocycles. The molecule has 0 aromatic heterocycles. The van der Waals surface area contributed by atoms with Crippen LogP contribution >= 0.6 is 0 Å². The number of amides is 1. The molecule has 1 amide bonds. The van der Waals surface area contributed by atoms with E-state index in [1.54, 1.807) is 117 Å². The third kappa shape index (κ3) is 29.1. The van der Waals surface area contributed by atoms with Crippen molar-refractivity contribution in [2.45, 2.75) is 195 Å². The van der Waals surface area contributed by atoms with Crippen molar-refractivity contribution in [2.75, 3.05) is 59.2 Å². The summed E-state index contributed by atoms with van der Waals surface area (Å²) in [6.45, 7) is 6.65. The predicted molar refractivity (Wildman–Crippen MR) is 342 cm³/mol. The number of nitrogens with one attached hydrogen (secondary N) is 4. The number of esters is 1. The fourth-order valence-corrected chi connectivity index (χ4v) is 11.3. The Kier molecular flexibility index (Phi) is 35.3. The number of aliphatic hydroxyl groups excluding tert-OH is 9. The molecule has 2 bridgehead atoms. The number of ether oxygens (including phenoxy) is 4. The van der Waals surface area contributed by atoms with Gasteiger partial charge in [-0.1, -0.05) is 98.9 Å². The van der Waals surface area contributed by atoms with Crippen LogP contribution < -0.4 is 21.3 Å². The van der Waals surface area contributed by atoms with Crippen LogP contribution in [0.1, 0.15) is 108 Å². The number of carbonyl (C=O) groups excluding carboxylic acids is 5. The monoisotopic (exact) mass is 1280 g/mol. The first-order chi connectivity index (χ1) is 43.3. The van der Waals surface area contributed by atoms with E-state index in [0.29, 0.717) is 31.4 Å². The lowest BCUT2D eigenvalue weighted by molar-refractivity contribution is -0.307. The highest BCUT2D eigenvalue weighted by Gasteiger charge is 2.51. The quantitative estimate of drug-likeness (QED) is 0.0383. The van der Waals surface area contributed by atoms with E-state index >= 15 is 0 Å². The second kappa shape index (κ2) is 41.3. The molecule has 14 N–H and O–H groups in total. The lowest BCUT2D eigenvalue weighted by atomic mass is 9.82. The van der Waals surface area contributed by atoms with Crippen molar-refractivity contribution in [3.8, 4) is 0 Å². The standard InChI is InChI=1S/C67H103N5O19/c1-43-19-17-15-13-11-9-7-8-10-12-14-16-18-20-55(89-66-63(85)61(62(84)45(3)88-66)70-28-27-69-30-32-73)40-58-60(65(86)71-29-31-72(5)6)57(82)42-67(87,91-58)41-54(80)37-52(78)35-50(76)33-49(75)34-51(77)36-53(79)39-59(83)90-64(43)44(2)21-26-48(74)38-56(81)46-22-24-47(68-4)25-23-46/h7-20,22-25,32,43-45,48-50,52-55,57-58,60-64,66,68-70,74-76,78-80,82,84-85,87H,21,26-31,33-42H2,1-6H3,(H,71,86)/b8-7+,11-9+,12-10+,15-13+,16-14+,19-17-,20-18+/t43?,44?,45-,48?,49?,50?,52?,53?,54?,55?,57?,58?,60?,61+,62-,63+,64?,66+,67?/m0/s1. The number of ketones is 2. The SMILES string of the molecule is CNc1ccc(C(=O)CC(O)CCC(C)C2OC(=O)CC(O)CC(=O)CC(O)CC(O)CC(O)CC(O)CC3(O)CC(O)C(C(=O)NCCN(C)C)C(CC(O[C@H]4O[C@@H](C)[C@H](O)[C@@H](NCCNCC=O)[C@H]4O)/C=C/C=C/C=C/C=C/C=C/C=C/C=C\C2C)O3)cc1. The van der Waals surface area contributed by atoms with Gasteiger partial charge in [0.15, 0.2) is 17.9 Å². The number of aldehydes is 1. The molecule has 19 atom stereocenters. The number of rotatable bonds is 20. The molecule has 510 valence electrons. The number of carbonyl (C=O) groups is 5. The normalized spacial score (nSPS) is 34.9. The van der Waals surface area contributed by atoms with Crippen LogP contribution in [-0.4, -0.2) is 237 Å². The van der Waals surface area contributed by atoms with Crippen molar-refractivity contribution >= 4 is 35.4 Å². The Hall–Kier alpha value is -5.49. The van der Waals surface area contributed by atoms with Gasteiger partial charge in [-0.2, -0.15) is 0 Å². The number of benzene rings is 1. The highest BCUT2D eigenvalue weighted by Crippen LogP contribution is 2.38. The summed E-state index contributed by atoms with van der Waals surface area (Å²) < 4.78 is 24.7. The molecule has 0 saturated carbocycles. The second-order valence-corrected chi connectivity index (χ2v) is 24.4. The Morgan fingerprint density at radius 1 is 0.736 bits per heavy atom. The Morgan fingerprint density at radius 2 is 1.33 bits per heavy atom. The maximum absolute atomic E-state index is 14.0. The highest BCUT2D eigenvalue weighted by molar-refractivity contribution is 5.96. The Morgan fingerprint density at radius 3 is 1.95 bits per heavy atom. The first-order valence-electron chi connectivity index (χ1n) is 31.7. The fourth-order valence-electron chi connectivity index (χ4n) is 11.3. The molecule has 91 heavy (non-hydrogen) atoms. The summed E-state index contributed by atoms with van der Waals surface area (Å²) in [4.78, 5) is 66.1. The maximum atomic E-state index is 14.0. The maximum Gasteiger partial charge on any atom is 0.308 e. The molecular formula is C67H103N5O19. The Labute approximate surface area is 535 Å². The number of hydrogen-bond donors (Lipinski definition) is 14. The van der Waals surface area contributed by atoms with Crippen molar-refractivity contribution in [2.24, 2.45) is 17.8 Å². The summed E-state index contributed by atoms with van der Waals surface area (Å²) >= 11 is 0. The van der Waals surface area contributed by atoms with Gasteiger partial charge >= 0.3 is 5.97 Å². The molecule has 1 aromatic carbocycles. The molecule has 0 spiro atoms. The van der Waals surface area contributed by atoms with Crippen molar-refractivity contribution in [1.82, 2.24) is 20.9 Å². The zero-order chi connectivity index (χ0) is 67.0. The van der Waals surface area contributed by atoms with Crippen LogP contribution in [0.2, 0.25) is 0 Å². The van der Waals surface area contributed by atoms with Gasteiger partial charge in [0.2, 0.25) is 5.91 Å². The van der Waals surface area contributed by atoms with E-state index in [1.165, 1.54) is 0 Å². The smallest absolute Gasteiger partial charge is 0.308 e. The summed E-state index contributed by atoms with van der Waals surface area (Å²) in [7, 11) is 5.40. The van der Waals surface area contributed by atoms with Gasteiger partial charge in [-0.15, -0.1) is 0 Å². The largest absolute Gasteiger partial charge is 0.461 e. The third-order valence-corrected chi connectivity index (χ3v) is 16.1. The minimum Gasteiger partial charge on any atom is -0.461 e. The Bertz CT molecular complexity index is 2560. The number of fused-ring (bicyclic) bond motifs is 2. The minimum atomic E-state index is -2.30. The van der Waals surface area contributed by atoms with Gasteiger partial charge in [0, 0.05) is 88.9 Å². The minimum absolute atomic E-state index is 0.105. The molecule has 14 unspecified atom stereocenters. The highest BCUT2D eigenvalue weighted by atomic mass is 16.7. The zero-order valence-electron chi connectivity index (χ0n) is 53.5. The van der Waals surface area contributed by atoms with Crippen LogP contribution in [0, 0.1) is 17.8 Å². The Balaban J connectivity index is 1.61. The van der Waals surface area contributed by atoms with Crippen LogP contribution in [0.5, 0.6) is 0 Å². The first-order valence-corrected chi connectivity index (χ1v) is 31.7. The van der Waals surface area contributed by atoms with E-state index in [-0.39, 0.29) is 69.4 Å². The van der Waals surface area contributed by atoms with Crippen LogP contribution in [-0.2, 0) is 38.1 Å². The molecule has 24 heteroatoms. The van der Waals surface area contributed by atoms with E-state index in [0.717, 1.165) is 5.69 Å². The van der Waals surface area contributed by atoms with Crippen LogP contribution in [0.15, 0.2) is 109 Å². The summed E-state index contributed by atoms with van der Waals surface area (Å²) in [6.07, 6.45) is 3.85. The number of nitrogens with zero attached hydrogens (tertiary/aromatic N) is 1. The van der Waals surface area contributed by atoms with Crippen molar-refractivity contribution in [3.63, 3.8) is 0 Å². The van der Waals surface area contributed by atoms with Crippen LogP contribution in [0.4, 0.5) is 5.69 Å². The van der Waals surface area contributed by atoms with Gasteiger partial charge in [-0.05, 0) is 83.3 Å². The molecular weight excluding hydrogens is 1180 g/mol. The number of likely N-dealkylation sites (N-methyl/N-ethyl adjacent to an activating group) is 1. The van der Waals surface area contributed by atoms with Crippen molar-refractivity contribution in [1.29, 1.82) is 0 Å². The van der Waals surface area contributed by atoms with Gasteiger partial charge in [-0.25, -0.2) is 0 Å². The summed E-state index contributed by atoms with van der Waals surface area (Å²) in [5, 5.41) is 124. The number of aliphatic hydroxyl groups is 10. The molecule has 24 nitrogen and oxygen atoms in total. The summed E-state index contributed by atoms with van der Waals surface area (Å²) in [6, 6.07) is 5.96. The lowest BCUT2D eigenvalue weighted by Gasteiger charge is -2.46. The zero-order valence-corrected chi connectivity index (χ0v) is 53.5. The number of hydrogen-bond acceptors (Lipinski definition) is 23. The molecule has 2 fully saturated rings. The molecule has 0 aliphatic carbocycles. The van der Waals surface area contributed by atoms with E-state index in [9.17, 15) is 75.0 Å². The third-order valence-electron chi connectivity index (χ3n) is 16.1. The number of cyclic esters (lactones) is 1. The van der Waals surface area contributed by atoms with Gasteiger partial charge in [-0.3, -0.25) is 19.2 Å². The van der Waals surface area contributed by atoms with Gasteiger partial charge in [0.05, 0.1) is 92.1 Å². The van der Waals surface area contributed by atoms with Gasteiger partial charge < -0.3 is 101 Å². The van der Waals surface area contributed by atoms with Crippen LogP contribution in [0.25, 0.3) is 0 Å². The van der Waals surface area contributed by atoms with Crippen molar-refractivity contribution < 1.29 is 94.0 Å². The van der Waals surface area contributed by atoms with E-state index in [1.807, 2.05) is 38.9 Å². The lowest BCUT2D eigenvalue weighted by Crippen LogP contribution is -2.63. The molecule has 3 aliphatic heterocycles. The number of allylic oxidation sites excluding steroid dienone is 12. The van der Waals surface area contributed by atoms with Crippen LogP contribution in [0.3, 0.4) is 0 Å². The molecule has 2 saturated heterocycles. The predicted octanol–water partition coefficient (Wildman–Crippen LogP) is 1.76. The molecule has 0 radical (unpaired) electrons. The van der Waals surface area contributed by atoms with Crippen molar-refractivity contribution in [3.05, 3.63) is 115 Å². The molecule has 1 aromatic rings. The van der Waals surface area contributed by atoms with E-state index < -0.39 is 160 Å². The van der Waals surface area contributed by atoms with Gasteiger partial charge in [0.1, 0.15) is 24.3 Å². The van der Waals surface area contributed by atoms with E-state index in [4.69, 9.17) is 18.9 Å².